The predicted octanol–water partition coefficient (Wildman–Crippen LogP) is 2.18. The summed E-state index contributed by atoms with van der Waals surface area (Å²) in [5.74, 6) is 0.811. The van der Waals surface area contributed by atoms with Crippen LogP contribution in [0.2, 0.25) is 0 Å². The maximum Gasteiger partial charge on any atom is 0.123 e. The molecule has 88 valence electrons. The number of imidazole rings is 1. The topological polar surface area (TPSA) is 29.9 Å². The van der Waals surface area contributed by atoms with Crippen molar-refractivity contribution < 1.29 is 4.39 Å². The van der Waals surface area contributed by atoms with Crippen molar-refractivity contribution in [2.45, 2.75) is 19.5 Å². The van der Waals surface area contributed by atoms with Crippen molar-refractivity contribution in [1.82, 2.24) is 14.9 Å². The van der Waals surface area contributed by atoms with Gasteiger partial charge in [-0.05, 0) is 25.1 Å². The molecule has 1 aromatic carbocycles. The summed E-state index contributed by atoms with van der Waals surface area (Å²) < 4.78 is 15.3. The van der Waals surface area contributed by atoms with Crippen LogP contribution in [0.3, 0.4) is 0 Å². The smallest absolute Gasteiger partial charge is 0.123 e. The molecule has 0 bridgehead atoms. The van der Waals surface area contributed by atoms with Gasteiger partial charge in [0.15, 0.2) is 0 Å². The highest BCUT2D eigenvalue weighted by Crippen LogP contribution is 2.20. The lowest BCUT2D eigenvalue weighted by Crippen LogP contribution is -2.12. The molecule has 0 unspecified atom stereocenters. The fourth-order valence-corrected chi connectivity index (χ4v) is 2.15. The Labute approximate surface area is 99.3 Å². The SMILES string of the molecule is Fc1cccc(-c2cn3c(n2)CNCCC3)c1. The van der Waals surface area contributed by atoms with E-state index in [-0.39, 0.29) is 5.82 Å². The maximum atomic E-state index is 13.2. The van der Waals surface area contributed by atoms with Gasteiger partial charge in [0.2, 0.25) is 0 Å². The first kappa shape index (κ1) is 10.5. The van der Waals surface area contributed by atoms with E-state index in [0.717, 1.165) is 43.1 Å². The van der Waals surface area contributed by atoms with Crippen molar-refractivity contribution in [2.75, 3.05) is 6.54 Å². The molecule has 1 aromatic heterocycles. The largest absolute Gasteiger partial charge is 0.333 e. The Kier molecular flexibility index (Phi) is 2.65. The lowest BCUT2D eigenvalue weighted by atomic mass is 10.2. The number of halogens is 1. The molecule has 0 amide bonds. The fourth-order valence-electron chi connectivity index (χ4n) is 2.15. The Bertz CT molecular complexity index is 510. The third-order valence-electron chi connectivity index (χ3n) is 3.02. The highest BCUT2D eigenvalue weighted by atomic mass is 19.1. The molecule has 0 saturated carbocycles. The van der Waals surface area contributed by atoms with Gasteiger partial charge in [0, 0.05) is 18.3 Å². The third-order valence-corrected chi connectivity index (χ3v) is 3.02. The van der Waals surface area contributed by atoms with E-state index in [2.05, 4.69) is 14.9 Å². The molecule has 1 N–H and O–H groups in total. The standard InChI is InChI=1S/C13H14FN3/c14-11-4-1-3-10(7-11)12-9-17-6-2-5-15-8-13(17)16-12/h1,3-4,7,9,15H,2,5-6,8H2. The predicted molar refractivity (Wildman–Crippen MR) is 63.9 cm³/mol. The summed E-state index contributed by atoms with van der Waals surface area (Å²) in [5, 5.41) is 3.32. The van der Waals surface area contributed by atoms with Gasteiger partial charge in [0.25, 0.3) is 0 Å². The van der Waals surface area contributed by atoms with Crippen molar-refractivity contribution in [2.24, 2.45) is 0 Å². The van der Waals surface area contributed by atoms with Crippen LogP contribution in [0, 0.1) is 5.82 Å². The Morgan fingerprint density at radius 2 is 2.29 bits per heavy atom. The average molecular weight is 231 g/mol. The number of benzene rings is 1. The zero-order chi connectivity index (χ0) is 11.7. The molecule has 4 heteroatoms. The van der Waals surface area contributed by atoms with Gasteiger partial charge in [0.05, 0.1) is 12.2 Å². The van der Waals surface area contributed by atoms with Crippen LogP contribution < -0.4 is 5.32 Å². The van der Waals surface area contributed by atoms with Gasteiger partial charge in [-0.15, -0.1) is 0 Å². The van der Waals surface area contributed by atoms with Crippen LogP contribution in [0.5, 0.6) is 0 Å². The van der Waals surface area contributed by atoms with Gasteiger partial charge < -0.3 is 9.88 Å². The van der Waals surface area contributed by atoms with E-state index in [9.17, 15) is 4.39 Å². The number of aryl methyl sites for hydroxylation is 1. The van der Waals surface area contributed by atoms with E-state index < -0.39 is 0 Å². The zero-order valence-electron chi connectivity index (χ0n) is 9.49. The van der Waals surface area contributed by atoms with Gasteiger partial charge in [0.1, 0.15) is 11.6 Å². The normalized spacial score (nSPS) is 15.4. The first-order chi connectivity index (χ1) is 8.33. The molecule has 0 saturated heterocycles. The molecule has 17 heavy (non-hydrogen) atoms. The molecule has 0 atom stereocenters. The second-order valence-corrected chi connectivity index (χ2v) is 4.28. The fraction of sp³-hybridized carbons (Fsp3) is 0.308. The highest BCUT2D eigenvalue weighted by Gasteiger charge is 2.11. The van der Waals surface area contributed by atoms with Crippen molar-refractivity contribution >= 4 is 0 Å². The lowest BCUT2D eigenvalue weighted by molar-refractivity contribution is 0.628. The number of nitrogens with one attached hydrogen (secondary N) is 1. The van der Waals surface area contributed by atoms with Crippen molar-refractivity contribution in [3.05, 3.63) is 42.1 Å². The molecule has 0 radical (unpaired) electrons. The first-order valence-corrected chi connectivity index (χ1v) is 5.85. The van der Waals surface area contributed by atoms with Crippen LogP contribution in [-0.2, 0) is 13.1 Å². The lowest BCUT2D eigenvalue weighted by Gasteiger charge is -1.98. The van der Waals surface area contributed by atoms with Gasteiger partial charge in [-0.1, -0.05) is 12.1 Å². The van der Waals surface area contributed by atoms with Crippen LogP contribution >= 0.6 is 0 Å². The van der Waals surface area contributed by atoms with Crippen LogP contribution in [0.1, 0.15) is 12.2 Å². The van der Waals surface area contributed by atoms with E-state index in [0.29, 0.717) is 0 Å². The number of nitrogens with zero attached hydrogens (tertiary/aromatic N) is 2. The quantitative estimate of drug-likeness (QED) is 0.815. The van der Waals surface area contributed by atoms with E-state index in [1.54, 1.807) is 6.07 Å². The number of fused-ring (bicyclic) bond motifs is 1. The minimum atomic E-state index is -0.219. The molecule has 2 heterocycles. The van der Waals surface area contributed by atoms with E-state index in [1.165, 1.54) is 12.1 Å². The van der Waals surface area contributed by atoms with E-state index in [4.69, 9.17) is 0 Å². The molecular formula is C13H14FN3. The van der Waals surface area contributed by atoms with E-state index in [1.807, 2.05) is 12.3 Å². The molecule has 3 rings (SSSR count). The Hall–Kier alpha value is -1.68. The summed E-state index contributed by atoms with van der Waals surface area (Å²) >= 11 is 0. The van der Waals surface area contributed by atoms with Crippen LogP contribution in [0.15, 0.2) is 30.5 Å². The molecule has 3 nitrogen and oxygen atoms in total. The van der Waals surface area contributed by atoms with E-state index >= 15 is 0 Å². The summed E-state index contributed by atoms with van der Waals surface area (Å²) in [6.07, 6.45) is 3.11. The Balaban J connectivity index is 1.99. The van der Waals surface area contributed by atoms with Gasteiger partial charge in [-0.25, -0.2) is 9.37 Å². The minimum absolute atomic E-state index is 0.219. The molecule has 2 aromatic rings. The van der Waals surface area contributed by atoms with Crippen molar-refractivity contribution in [3.63, 3.8) is 0 Å². The molecule has 0 spiro atoms. The summed E-state index contributed by atoms with van der Waals surface area (Å²) in [6, 6.07) is 6.58. The van der Waals surface area contributed by atoms with Crippen LogP contribution in [0.25, 0.3) is 11.3 Å². The van der Waals surface area contributed by atoms with Crippen molar-refractivity contribution in [1.29, 1.82) is 0 Å². The van der Waals surface area contributed by atoms with Crippen LogP contribution in [-0.4, -0.2) is 16.1 Å². The summed E-state index contributed by atoms with van der Waals surface area (Å²) in [5.41, 5.74) is 1.69. The molecule has 0 fully saturated rings. The molecule has 1 aliphatic heterocycles. The third kappa shape index (κ3) is 2.08. The van der Waals surface area contributed by atoms with Gasteiger partial charge in [-0.2, -0.15) is 0 Å². The summed E-state index contributed by atoms with van der Waals surface area (Å²) in [4.78, 5) is 4.56. The van der Waals surface area contributed by atoms with Gasteiger partial charge >= 0.3 is 0 Å². The maximum absolute atomic E-state index is 13.2. The summed E-state index contributed by atoms with van der Waals surface area (Å²) in [6.45, 7) is 2.79. The number of hydrogen-bond donors (Lipinski definition) is 1. The minimum Gasteiger partial charge on any atom is -0.333 e. The first-order valence-electron chi connectivity index (χ1n) is 5.85. The Morgan fingerprint density at radius 1 is 1.35 bits per heavy atom. The monoisotopic (exact) mass is 231 g/mol. The second-order valence-electron chi connectivity index (χ2n) is 4.28. The van der Waals surface area contributed by atoms with Crippen LogP contribution in [0.4, 0.5) is 4.39 Å². The molecule has 0 aliphatic carbocycles. The highest BCUT2D eigenvalue weighted by molar-refractivity contribution is 5.58. The average Bonchev–Trinajstić information content (AvgIpc) is 2.61. The van der Waals surface area contributed by atoms with Gasteiger partial charge in [-0.3, -0.25) is 0 Å². The summed E-state index contributed by atoms with van der Waals surface area (Å²) in [7, 11) is 0. The number of hydrogen-bond acceptors (Lipinski definition) is 2. The zero-order valence-corrected chi connectivity index (χ0v) is 9.49. The molecule has 1 aliphatic rings. The molecular weight excluding hydrogens is 217 g/mol. The number of aromatic nitrogens is 2. The number of rotatable bonds is 1. The van der Waals surface area contributed by atoms with Crippen molar-refractivity contribution in [3.8, 4) is 11.3 Å². The Morgan fingerprint density at radius 3 is 3.18 bits per heavy atom. The second kappa shape index (κ2) is 4.30.